The second kappa shape index (κ2) is 6.66. The predicted molar refractivity (Wildman–Crippen MR) is 82.8 cm³/mol. The molecule has 0 spiro atoms. The molecular formula is C12H11F2O5P3. The maximum Gasteiger partial charge on any atom is 0.343 e. The highest BCUT2D eigenvalue weighted by Crippen LogP contribution is 2.47. The minimum absolute atomic E-state index is 0.0211. The predicted octanol–water partition coefficient (Wildman–Crippen LogP) is 3.88. The van der Waals surface area contributed by atoms with E-state index in [9.17, 15) is 17.9 Å². The van der Waals surface area contributed by atoms with E-state index in [1.807, 2.05) is 0 Å². The van der Waals surface area contributed by atoms with Gasteiger partial charge in [0.15, 0.2) is 0 Å². The van der Waals surface area contributed by atoms with E-state index in [-0.39, 0.29) is 21.9 Å². The molecule has 2 N–H and O–H groups in total. The smallest absolute Gasteiger partial charge is 0.343 e. The number of rotatable bonds is 4. The zero-order valence-corrected chi connectivity index (χ0v) is 13.9. The van der Waals surface area contributed by atoms with Crippen molar-refractivity contribution in [2.75, 3.05) is 0 Å². The molecule has 0 fully saturated rings. The molecule has 0 aromatic heterocycles. The van der Waals surface area contributed by atoms with Gasteiger partial charge in [0.2, 0.25) is 0 Å². The first-order valence-electron chi connectivity index (χ1n) is 5.85. The van der Waals surface area contributed by atoms with E-state index < -0.39 is 33.7 Å². The lowest BCUT2D eigenvalue weighted by Crippen LogP contribution is -1.99. The van der Waals surface area contributed by atoms with Crippen LogP contribution in [0.3, 0.4) is 0 Å². The fourth-order valence-electron chi connectivity index (χ4n) is 1.97. The van der Waals surface area contributed by atoms with Crippen LogP contribution in [0.15, 0.2) is 30.3 Å². The van der Waals surface area contributed by atoms with Gasteiger partial charge in [0, 0.05) is 5.39 Å². The van der Waals surface area contributed by atoms with Crippen LogP contribution in [0.2, 0.25) is 0 Å². The molecular weight excluding hydrogens is 355 g/mol. The van der Waals surface area contributed by atoms with Gasteiger partial charge < -0.3 is 14.3 Å². The molecule has 5 nitrogen and oxygen atoms in total. The SMILES string of the molecule is O=C(OP(F)P)c1ccc2c(F)cc(CP(=O)(O)O)cc2c1. The lowest BCUT2D eigenvalue weighted by Gasteiger charge is -2.09. The lowest BCUT2D eigenvalue weighted by atomic mass is 10.0. The van der Waals surface area contributed by atoms with Crippen LogP contribution in [-0.2, 0) is 15.3 Å². The minimum Gasteiger partial charge on any atom is -0.406 e. The van der Waals surface area contributed by atoms with Crippen LogP contribution in [0, 0.1) is 5.82 Å². The van der Waals surface area contributed by atoms with Crippen molar-refractivity contribution in [3.8, 4) is 0 Å². The average molecular weight is 366 g/mol. The fourth-order valence-corrected chi connectivity index (χ4v) is 3.18. The summed E-state index contributed by atoms with van der Waals surface area (Å²) in [5, 5.41) is 0.448. The van der Waals surface area contributed by atoms with Crippen molar-refractivity contribution in [3.05, 3.63) is 47.3 Å². The maximum absolute atomic E-state index is 13.9. The number of benzene rings is 2. The normalized spacial score (nSPS) is 13.1. The molecule has 118 valence electrons. The van der Waals surface area contributed by atoms with Gasteiger partial charge in [0.05, 0.1) is 11.7 Å². The summed E-state index contributed by atoms with van der Waals surface area (Å²) in [5.41, 5.74) is 0.121. The molecule has 0 aliphatic carbocycles. The zero-order chi connectivity index (χ0) is 16.5. The highest BCUT2D eigenvalue weighted by molar-refractivity contribution is 8.08. The monoisotopic (exact) mass is 366 g/mol. The topological polar surface area (TPSA) is 83.8 Å². The Kier molecular flexibility index (Phi) is 5.26. The van der Waals surface area contributed by atoms with E-state index in [2.05, 4.69) is 4.52 Å². The molecule has 0 amide bonds. The van der Waals surface area contributed by atoms with Crippen molar-refractivity contribution >= 4 is 41.4 Å². The molecule has 0 bridgehead atoms. The second-order valence-electron chi connectivity index (χ2n) is 4.49. The first kappa shape index (κ1) is 17.4. The van der Waals surface area contributed by atoms with Gasteiger partial charge in [-0.05, 0) is 38.1 Å². The molecule has 22 heavy (non-hydrogen) atoms. The summed E-state index contributed by atoms with van der Waals surface area (Å²) in [6.07, 6.45) is -0.615. The lowest BCUT2D eigenvalue weighted by molar-refractivity contribution is 0.0751. The molecule has 2 unspecified atom stereocenters. The van der Waals surface area contributed by atoms with Gasteiger partial charge in [-0.15, -0.1) is 0 Å². The molecule has 10 heteroatoms. The Labute approximate surface area is 127 Å². The Morgan fingerprint density at radius 1 is 1.32 bits per heavy atom. The number of carbonyl (C=O) groups excluding carboxylic acids is 1. The molecule has 0 radical (unpaired) electrons. The molecule has 0 saturated heterocycles. The van der Waals surface area contributed by atoms with Gasteiger partial charge >= 0.3 is 13.6 Å². The largest absolute Gasteiger partial charge is 0.406 e. The second-order valence-corrected chi connectivity index (χ2v) is 8.08. The molecule has 2 atom stereocenters. The summed E-state index contributed by atoms with van der Waals surface area (Å²) in [6, 6.07) is 6.30. The van der Waals surface area contributed by atoms with E-state index in [1.165, 1.54) is 24.3 Å². The number of carbonyl (C=O) groups is 1. The fraction of sp³-hybridized carbons (Fsp3) is 0.0833. The molecule has 2 aromatic carbocycles. The standard InChI is InChI=1S/C12H11F2O5P3/c13-11-4-7(6-22(16,17)18)3-9-5-8(1-2-10(9)11)12(15)19-21(14)20/h1-5H,6,20H2,(H2,16,17,18). The molecule has 2 rings (SSSR count). The number of fused-ring (bicyclic) bond motifs is 1. The van der Waals surface area contributed by atoms with Crippen molar-refractivity contribution in [3.63, 3.8) is 0 Å². The van der Waals surface area contributed by atoms with Gasteiger partial charge in [0.25, 0.3) is 8.15 Å². The number of hydrogen-bond donors (Lipinski definition) is 2. The summed E-state index contributed by atoms with van der Waals surface area (Å²) < 4.78 is 42.1. The third-order valence-corrected chi connectivity index (χ3v) is 4.19. The van der Waals surface area contributed by atoms with E-state index >= 15 is 0 Å². The Hall–Kier alpha value is -0.960. The van der Waals surface area contributed by atoms with Crippen LogP contribution in [-0.4, -0.2) is 15.8 Å². The Morgan fingerprint density at radius 3 is 2.59 bits per heavy atom. The first-order valence-corrected chi connectivity index (χ1v) is 10.4. The third kappa shape index (κ3) is 4.52. The van der Waals surface area contributed by atoms with Crippen LogP contribution < -0.4 is 0 Å². The van der Waals surface area contributed by atoms with Gasteiger partial charge in [-0.25, -0.2) is 9.18 Å². The average Bonchev–Trinajstić information content (AvgIpc) is 2.35. The van der Waals surface area contributed by atoms with Crippen LogP contribution in [0.5, 0.6) is 0 Å². The van der Waals surface area contributed by atoms with Gasteiger partial charge in [-0.1, -0.05) is 12.1 Å². The quantitative estimate of drug-likeness (QED) is 0.803. The Balaban J connectivity index is 2.46. The third-order valence-electron chi connectivity index (χ3n) is 2.76. The van der Waals surface area contributed by atoms with Crippen LogP contribution >= 0.6 is 24.7 Å². The highest BCUT2D eigenvalue weighted by Gasteiger charge is 2.17. The molecule has 2 aromatic rings. The maximum atomic E-state index is 13.9. The summed E-state index contributed by atoms with van der Waals surface area (Å²) in [7, 11) is -5.07. The summed E-state index contributed by atoms with van der Waals surface area (Å²) in [4.78, 5) is 29.5. The summed E-state index contributed by atoms with van der Waals surface area (Å²) >= 11 is 0. The first-order chi connectivity index (χ1) is 10.2. The molecule has 0 aliphatic rings. The zero-order valence-electron chi connectivity index (χ0n) is 10.9. The molecule has 0 saturated carbocycles. The molecule has 0 heterocycles. The van der Waals surface area contributed by atoms with Crippen molar-refractivity contribution in [1.29, 1.82) is 0 Å². The van der Waals surface area contributed by atoms with E-state index in [1.54, 1.807) is 8.93 Å². The van der Waals surface area contributed by atoms with Gasteiger partial charge in [0.1, 0.15) is 5.82 Å². The minimum atomic E-state index is -4.34. The van der Waals surface area contributed by atoms with Crippen LogP contribution in [0.25, 0.3) is 10.8 Å². The number of halogens is 2. The van der Waals surface area contributed by atoms with Crippen LogP contribution in [0.4, 0.5) is 8.59 Å². The van der Waals surface area contributed by atoms with Crippen molar-refractivity contribution in [2.45, 2.75) is 6.16 Å². The Bertz CT molecular complexity index is 775. The Morgan fingerprint density at radius 2 is 2.00 bits per heavy atom. The molecule has 0 aliphatic heterocycles. The van der Waals surface area contributed by atoms with Crippen molar-refractivity contribution < 1.29 is 32.3 Å². The van der Waals surface area contributed by atoms with E-state index in [4.69, 9.17) is 9.79 Å². The van der Waals surface area contributed by atoms with E-state index in [0.717, 1.165) is 6.07 Å². The van der Waals surface area contributed by atoms with Crippen LogP contribution in [0.1, 0.15) is 15.9 Å². The van der Waals surface area contributed by atoms with Crippen molar-refractivity contribution in [1.82, 2.24) is 0 Å². The van der Waals surface area contributed by atoms with Gasteiger partial charge in [-0.2, -0.15) is 4.20 Å². The number of hydrogen-bond acceptors (Lipinski definition) is 3. The van der Waals surface area contributed by atoms with Gasteiger partial charge in [-0.3, -0.25) is 4.57 Å². The summed E-state index contributed by atoms with van der Waals surface area (Å²) in [5.74, 6) is -1.56. The highest BCUT2D eigenvalue weighted by atomic mass is 32.0. The van der Waals surface area contributed by atoms with E-state index in [0.29, 0.717) is 0 Å². The summed E-state index contributed by atoms with van der Waals surface area (Å²) in [6.45, 7) is 0. The van der Waals surface area contributed by atoms with Crippen molar-refractivity contribution in [2.24, 2.45) is 0 Å².